The van der Waals surface area contributed by atoms with Crippen molar-refractivity contribution in [2.24, 2.45) is 17.3 Å². The summed E-state index contributed by atoms with van der Waals surface area (Å²) in [5.74, 6) is 1.29. The summed E-state index contributed by atoms with van der Waals surface area (Å²) in [5.41, 5.74) is 0.590. The summed E-state index contributed by atoms with van der Waals surface area (Å²) >= 11 is 0. The summed E-state index contributed by atoms with van der Waals surface area (Å²) in [7, 11) is 2.25. The zero-order chi connectivity index (χ0) is 22.8. The maximum atomic E-state index is 13.8. The molecule has 3 aliphatic heterocycles. The van der Waals surface area contributed by atoms with Crippen molar-refractivity contribution >= 4 is 5.91 Å². The molecule has 1 saturated carbocycles. The molecule has 1 unspecified atom stereocenters. The van der Waals surface area contributed by atoms with E-state index in [1.54, 1.807) is 0 Å². The first kappa shape index (κ1) is 24.5. The molecule has 184 valence electrons. The third kappa shape index (κ3) is 5.20. The highest BCUT2D eigenvalue weighted by molar-refractivity contribution is 5.80. The summed E-state index contributed by atoms with van der Waals surface area (Å²) in [6.07, 6.45) is 13.5. The fraction of sp³-hybridized carbons (Fsp3) is 0.963. The molecule has 0 aromatic rings. The third-order valence-corrected chi connectivity index (χ3v) is 9.96. The van der Waals surface area contributed by atoms with E-state index in [9.17, 15) is 9.90 Å². The summed E-state index contributed by atoms with van der Waals surface area (Å²) < 4.78 is 0. The number of unbranched alkanes of at least 4 members (excludes halogenated alkanes) is 1. The molecule has 3 heterocycles. The molecule has 4 fully saturated rings. The van der Waals surface area contributed by atoms with Crippen molar-refractivity contribution < 1.29 is 9.90 Å². The van der Waals surface area contributed by atoms with Crippen LogP contribution >= 0.6 is 0 Å². The second kappa shape index (κ2) is 10.3. The van der Waals surface area contributed by atoms with Gasteiger partial charge in [-0.2, -0.15) is 0 Å². The number of nitrogens with zero attached hydrogens (tertiary/aromatic N) is 3. The van der Waals surface area contributed by atoms with Gasteiger partial charge in [0.05, 0.1) is 6.10 Å². The largest absolute Gasteiger partial charge is 0.393 e. The van der Waals surface area contributed by atoms with Gasteiger partial charge in [0.25, 0.3) is 0 Å². The minimum Gasteiger partial charge on any atom is -0.393 e. The van der Waals surface area contributed by atoms with Gasteiger partial charge in [0.15, 0.2) is 0 Å². The standard InChI is InChI=1S/C27H49N3O2/c1-4-5-6-24-25(32)29(21-22-7-9-23(31)10-8-22)18-13-27(24)14-19-30(20-15-27)26(2)11-16-28(3)17-12-26/h22-24,31H,4-21H2,1-3H3. The number of hydrogen-bond acceptors (Lipinski definition) is 4. The van der Waals surface area contributed by atoms with Crippen molar-refractivity contribution in [2.45, 2.75) is 103 Å². The second-order valence-electron chi connectivity index (χ2n) is 12.1. The molecule has 0 aromatic heterocycles. The first-order valence-electron chi connectivity index (χ1n) is 13.8. The SMILES string of the molecule is CCCCC1C(=O)N(CC2CCC(O)CC2)CCC12CCN(C1(C)CCN(C)CC1)CC2. The summed E-state index contributed by atoms with van der Waals surface area (Å²) in [6, 6.07) is 0. The molecule has 0 aromatic carbocycles. The van der Waals surface area contributed by atoms with Crippen molar-refractivity contribution in [2.75, 3.05) is 46.3 Å². The molecule has 1 aliphatic carbocycles. The van der Waals surface area contributed by atoms with Crippen LogP contribution in [-0.4, -0.2) is 83.7 Å². The highest BCUT2D eigenvalue weighted by Gasteiger charge is 2.50. The van der Waals surface area contributed by atoms with Crippen molar-refractivity contribution in [1.29, 1.82) is 0 Å². The molecule has 4 aliphatic rings. The average Bonchev–Trinajstić information content (AvgIpc) is 2.80. The van der Waals surface area contributed by atoms with Gasteiger partial charge in [-0.05, 0) is 116 Å². The molecule has 3 saturated heterocycles. The van der Waals surface area contributed by atoms with Gasteiger partial charge in [0.2, 0.25) is 5.91 Å². The predicted molar refractivity (Wildman–Crippen MR) is 131 cm³/mol. The maximum Gasteiger partial charge on any atom is 0.226 e. The third-order valence-electron chi connectivity index (χ3n) is 9.96. The van der Waals surface area contributed by atoms with E-state index in [1.165, 1.54) is 71.1 Å². The van der Waals surface area contributed by atoms with Crippen LogP contribution in [0, 0.1) is 17.3 Å². The van der Waals surface area contributed by atoms with Crippen molar-refractivity contribution in [3.05, 3.63) is 0 Å². The smallest absolute Gasteiger partial charge is 0.226 e. The molecule has 5 heteroatoms. The lowest BCUT2D eigenvalue weighted by molar-refractivity contribution is -0.152. The van der Waals surface area contributed by atoms with Crippen LogP contribution in [0.15, 0.2) is 0 Å². The zero-order valence-corrected chi connectivity index (χ0v) is 21.2. The normalized spacial score (nSPS) is 34.2. The van der Waals surface area contributed by atoms with Crippen LogP contribution in [0.25, 0.3) is 0 Å². The van der Waals surface area contributed by atoms with Gasteiger partial charge in [-0.15, -0.1) is 0 Å². The molecular weight excluding hydrogens is 398 g/mol. The number of piperidine rings is 3. The number of aliphatic hydroxyl groups is 1. The van der Waals surface area contributed by atoms with Crippen LogP contribution in [0.2, 0.25) is 0 Å². The molecule has 5 nitrogen and oxygen atoms in total. The van der Waals surface area contributed by atoms with Crippen LogP contribution in [0.1, 0.15) is 90.9 Å². The Morgan fingerprint density at radius 2 is 1.56 bits per heavy atom. The fourth-order valence-corrected chi connectivity index (χ4v) is 7.29. The molecular formula is C27H49N3O2. The number of aliphatic hydroxyl groups excluding tert-OH is 1. The molecule has 0 radical (unpaired) electrons. The van der Waals surface area contributed by atoms with Crippen molar-refractivity contribution in [3.8, 4) is 0 Å². The van der Waals surface area contributed by atoms with Gasteiger partial charge in [0, 0.05) is 24.5 Å². The molecule has 1 amide bonds. The Hall–Kier alpha value is -0.650. The zero-order valence-electron chi connectivity index (χ0n) is 21.2. The quantitative estimate of drug-likeness (QED) is 0.665. The van der Waals surface area contributed by atoms with Crippen LogP contribution in [-0.2, 0) is 4.79 Å². The number of carbonyl (C=O) groups excluding carboxylic acids is 1. The van der Waals surface area contributed by atoms with Gasteiger partial charge in [-0.3, -0.25) is 9.69 Å². The second-order valence-corrected chi connectivity index (χ2v) is 12.1. The molecule has 1 atom stereocenters. The van der Waals surface area contributed by atoms with E-state index in [-0.39, 0.29) is 17.4 Å². The lowest BCUT2D eigenvalue weighted by Gasteiger charge is -2.55. The Kier molecular flexibility index (Phi) is 7.89. The number of rotatable bonds is 6. The van der Waals surface area contributed by atoms with Crippen LogP contribution in [0.5, 0.6) is 0 Å². The van der Waals surface area contributed by atoms with E-state index in [2.05, 4.69) is 35.6 Å². The fourth-order valence-electron chi connectivity index (χ4n) is 7.29. The lowest BCUT2D eigenvalue weighted by Crippen LogP contribution is -2.60. The van der Waals surface area contributed by atoms with Crippen LogP contribution in [0.3, 0.4) is 0 Å². The van der Waals surface area contributed by atoms with Crippen LogP contribution < -0.4 is 0 Å². The predicted octanol–water partition coefficient (Wildman–Crippen LogP) is 4.14. The average molecular weight is 448 g/mol. The van der Waals surface area contributed by atoms with Crippen LogP contribution in [0.4, 0.5) is 0 Å². The number of hydrogen-bond donors (Lipinski definition) is 1. The monoisotopic (exact) mass is 447 g/mol. The highest BCUT2D eigenvalue weighted by atomic mass is 16.3. The van der Waals surface area contributed by atoms with E-state index in [0.717, 1.165) is 45.2 Å². The first-order chi connectivity index (χ1) is 15.3. The van der Waals surface area contributed by atoms with Gasteiger partial charge < -0.3 is 14.9 Å². The number of carbonyl (C=O) groups is 1. The number of likely N-dealkylation sites (tertiary alicyclic amines) is 3. The van der Waals surface area contributed by atoms with Crippen molar-refractivity contribution in [3.63, 3.8) is 0 Å². The minimum absolute atomic E-state index is 0.111. The van der Waals surface area contributed by atoms with E-state index in [4.69, 9.17) is 0 Å². The highest BCUT2D eigenvalue weighted by Crippen LogP contribution is 2.49. The van der Waals surface area contributed by atoms with E-state index < -0.39 is 0 Å². The van der Waals surface area contributed by atoms with E-state index in [0.29, 0.717) is 17.4 Å². The Bertz CT molecular complexity index is 614. The molecule has 1 spiro atoms. The van der Waals surface area contributed by atoms with Gasteiger partial charge in [0.1, 0.15) is 0 Å². The topological polar surface area (TPSA) is 47.0 Å². The Morgan fingerprint density at radius 1 is 0.938 bits per heavy atom. The Labute approximate surface area is 196 Å². The van der Waals surface area contributed by atoms with Gasteiger partial charge in [-0.25, -0.2) is 0 Å². The van der Waals surface area contributed by atoms with Gasteiger partial charge >= 0.3 is 0 Å². The number of amides is 1. The summed E-state index contributed by atoms with van der Waals surface area (Å²) in [4.78, 5) is 21.3. The van der Waals surface area contributed by atoms with Gasteiger partial charge in [-0.1, -0.05) is 19.8 Å². The molecule has 0 bridgehead atoms. The molecule has 1 N–H and O–H groups in total. The van der Waals surface area contributed by atoms with E-state index >= 15 is 0 Å². The molecule has 32 heavy (non-hydrogen) atoms. The maximum absolute atomic E-state index is 13.8. The summed E-state index contributed by atoms with van der Waals surface area (Å²) in [5, 5.41) is 9.85. The Morgan fingerprint density at radius 3 is 2.19 bits per heavy atom. The van der Waals surface area contributed by atoms with E-state index in [1.807, 2.05) is 0 Å². The molecule has 4 rings (SSSR count). The van der Waals surface area contributed by atoms with Crippen molar-refractivity contribution in [1.82, 2.24) is 14.7 Å². The first-order valence-corrected chi connectivity index (χ1v) is 13.8. The Balaban J connectivity index is 1.39. The summed E-state index contributed by atoms with van der Waals surface area (Å²) in [6.45, 7) is 11.4. The minimum atomic E-state index is -0.111. The lowest BCUT2D eigenvalue weighted by atomic mass is 9.62.